The standard InChI is InChI=1S/C15H23N3O2/c1-3-20-15(19)18-10-8-17(9-11-18)14-6-4-13(5-7-14)12(2)16/h4-7,12H,3,8-11,16H2,1-2H3/t12-/m1/s1. The first-order chi connectivity index (χ1) is 9.61. The fourth-order valence-corrected chi connectivity index (χ4v) is 2.35. The molecule has 110 valence electrons. The number of benzene rings is 1. The van der Waals surface area contributed by atoms with Crippen LogP contribution in [0.4, 0.5) is 10.5 Å². The summed E-state index contributed by atoms with van der Waals surface area (Å²) >= 11 is 0. The Kier molecular flexibility index (Phi) is 4.84. The highest BCUT2D eigenvalue weighted by molar-refractivity contribution is 5.68. The van der Waals surface area contributed by atoms with E-state index >= 15 is 0 Å². The topological polar surface area (TPSA) is 58.8 Å². The first-order valence-electron chi connectivity index (χ1n) is 7.14. The zero-order valence-corrected chi connectivity index (χ0v) is 12.2. The summed E-state index contributed by atoms with van der Waals surface area (Å²) in [5.74, 6) is 0. The monoisotopic (exact) mass is 277 g/mol. The molecular weight excluding hydrogens is 254 g/mol. The molecule has 0 aliphatic carbocycles. The van der Waals surface area contributed by atoms with Crippen LogP contribution in [0.1, 0.15) is 25.5 Å². The third kappa shape index (κ3) is 3.42. The summed E-state index contributed by atoms with van der Waals surface area (Å²) in [6, 6.07) is 8.39. The highest BCUT2D eigenvalue weighted by Gasteiger charge is 2.21. The summed E-state index contributed by atoms with van der Waals surface area (Å²) in [6.07, 6.45) is -0.209. The minimum absolute atomic E-state index is 0.0599. The number of hydrogen-bond donors (Lipinski definition) is 1. The van der Waals surface area contributed by atoms with Gasteiger partial charge in [-0.25, -0.2) is 4.79 Å². The lowest BCUT2D eigenvalue weighted by Crippen LogP contribution is -2.49. The van der Waals surface area contributed by atoms with Gasteiger partial charge in [-0.2, -0.15) is 0 Å². The Bertz CT molecular complexity index is 437. The number of nitrogens with two attached hydrogens (primary N) is 1. The van der Waals surface area contributed by atoms with Crippen LogP contribution in [0.5, 0.6) is 0 Å². The minimum atomic E-state index is -0.209. The van der Waals surface area contributed by atoms with Crippen molar-refractivity contribution in [2.45, 2.75) is 19.9 Å². The second kappa shape index (κ2) is 6.61. The predicted octanol–water partition coefficient (Wildman–Crippen LogP) is 1.98. The van der Waals surface area contributed by atoms with Crippen LogP contribution in [-0.2, 0) is 4.74 Å². The molecule has 2 rings (SSSR count). The lowest BCUT2D eigenvalue weighted by Gasteiger charge is -2.35. The highest BCUT2D eigenvalue weighted by Crippen LogP contribution is 2.19. The lowest BCUT2D eigenvalue weighted by molar-refractivity contribution is 0.105. The summed E-state index contributed by atoms with van der Waals surface area (Å²) < 4.78 is 5.02. The van der Waals surface area contributed by atoms with E-state index in [2.05, 4.69) is 29.2 Å². The van der Waals surface area contributed by atoms with Crippen molar-refractivity contribution in [2.24, 2.45) is 5.73 Å². The van der Waals surface area contributed by atoms with Crippen molar-refractivity contribution in [3.05, 3.63) is 29.8 Å². The van der Waals surface area contributed by atoms with E-state index in [1.54, 1.807) is 4.90 Å². The van der Waals surface area contributed by atoms with E-state index < -0.39 is 0 Å². The molecule has 20 heavy (non-hydrogen) atoms. The van der Waals surface area contributed by atoms with Crippen LogP contribution in [0, 0.1) is 0 Å². The third-order valence-corrected chi connectivity index (χ3v) is 3.59. The van der Waals surface area contributed by atoms with Crippen molar-refractivity contribution < 1.29 is 9.53 Å². The molecule has 5 nitrogen and oxygen atoms in total. The molecule has 1 atom stereocenters. The molecule has 1 amide bonds. The number of piperazine rings is 1. The second-order valence-corrected chi connectivity index (χ2v) is 5.05. The maximum absolute atomic E-state index is 11.6. The molecular formula is C15H23N3O2. The molecule has 0 bridgehead atoms. The number of rotatable bonds is 3. The Morgan fingerprint density at radius 1 is 1.25 bits per heavy atom. The molecule has 2 N–H and O–H groups in total. The minimum Gasteiger partial charge on any atom is -0.450 e. The molecule has 5 heteroatoms. The van der Waals surface area contributed by atoms with Gasteiger partial charge in [0, 0.05) is 37.9 Å². The van der Waals surface area contributed by atoms with E-state index in [9.17, 15) is 4.79 Å². The molecule has 1 aliphatic rings. The van der Waals surface area contributed by atoms with Gasteiger partial charge in [0.15, 0.2) is 0 Å². The predicted molar refractivity (Wildman–Crippen MR) is 79.9 cm³/mol. The maximum atomic E-state index is 11.6. The average molecular weight is 277 g/mol. The molecule has 1 saturated heterocycles. The smallest absolute Gasteiger partial charge is 0.409 e. The Labute approximate surface area is 120 Å². The molecule has 0 saturated carbocycles. The van der Waals surface area contributed by atoms with E-state index in [4.69, 9.17) is 10.5 Å². The molecule has 0 unspecified atom stereocenters. The van der Waals surface area contributed by atoms with Crippen LogP contribution < -0.4 is 10.6 Å². The van der Waals surface area contributed by atoms with E-state index in [0.29, 0.717) is 19.7 Å². The number of nitrogens with zero attached hydrogens (tertiary/aromatic N) is 2. The van der Waals surface area contributed by atoms with Crippen LogP contribution >= 0.6 is 0 Å². The normalized spacial score (nSPS) is 16.9. The van der Waals surface area contributed by atoms with Crippen molar-refractivity contribution in [3.8, 4) is 0 Å². The van der Waals surface area contributed by atoms with Crippen molar-refractivity contribution in [1.29, 1.82) is 0 Å². The molecule has 1 aromatic carbocycles. The second-order valence-electron chi connectivity index (χ2n) is 5.05. The van der Waals surface area contributed by atoms with Crippen LogP contribution in [-0.4, -0.2) is 43.8 Å². The van der Waals surface area contributed by atoms with E-state index in [1.807, 2.05) is 13.8 Å². The number of carbonyl (C=O) groups excluding carboxylic acids is 1. The number of ether oxygens (including phenoxy) is 1. The average Bonchev–Trinajstić information content (AvgIpc) is 2.48. The quantitative estimate of drug-likeness (QED) is 0.918. The van der Waals surface area contributed by atoms with Crippen LogP contribution in [0.15, 0.2) is 24.3 Å². The van der Waals surface area contributed by atoms with E-state index in [0.717, 1.165) is 18.7 Å². The number of anilines is 1. The summed E-state index contributed by atoms with van der Waals surface area (Å²) in [7, 11) is 0. The molecule has 1 fully saturated rings. The SMILES string of the molecule is CCOC(=O)N1CCN(c2ccc([C@@H](C)N)cc2)CC1. The van der Waals surface area contributed by atoms with E-state index in [-0.39, 0.29) is 12.1 Å². The molecule has 0 radical (unpaired) electrons. The first-order valence-corrected chi connectivity index (χ1v) is 7.14. The summed E-state index contributed by atoms with van der Waals surface area (Å²) in [6.45, 7) is 7.30. The fraction of sp³-hybridized carbons (Fsp3) is 0.533. The number of carbonyl (C=O) groups is 1. The van der Waals surface area contributed by atoms with Crippen LogP contribution in [0.25, 0.3) is 0 Å². The van der Waals surface area contributed by atoms with Gasteiger partial charge in [-0.05, 0) is 31.5 Å². The van der Waals surface area contributed by atoms with Crippen molar-refractivity contribution in [1.82, 2.24) is 4.90 Å². The molecule has 1 heterocycles. The molecule has 1 aliphatic heterocycles. The lowest BCUT2D eigenvalue weighted by atomic mass is 10.1. The largest absolute Gasteiger partial charge is 0.450 e. The van der Waals surface area contributed by atoms with Gasteiger partial charge in [-0.1, -0.05) is 12.1 Å². The van der Waals surface area contributed by atoms with Crippen molar-refractivity contribution >= 4 is 11.8 Å². The first kappa shape index (κ1) is 14.7. The van der Waals surface area contributed by atoms with Gasteiger partial charge < -0.3 is 20.3 Å². The van der Waals surface area contributed by atoms with Gasteiger partial charge in [-0.3, -0.25) is 0 Å². The highest BCUT2D eigenvalue weighted by atomic mass is 16.6. The van der Waals surface area contributed by atoms with Crippen molar-refractivity contribution in [3.63, 3.8) is 0 Å². The zero-order chi connectivity index (χ0) is 14.5. The van der Waals surface area contributed by atoms with Gasteiger partial charge in [-0.15, -0.1) is 0 Å². The van der Waals surface area contributed by atoms with E-state index in [1.165, 1.54) is 5.69 Å². The number of hydrogen-bond acceptors (Lipinski definition) is 4. The Balaban J connectivity index is 1.91. The zero-order valence-electron chi connectivity index (χ0n) is 12.2. The van der Waals surface area contributed by atoms with Gasteiger partial charge in [0.05, 0.1) is 6.61 Å². The summed E-state index contributed by atoms with van der Waals surface area (Å²) in [5.41, 5.74) is 8.17. The van der Waals surface area contributed by atoms with Gasteiger partial charge in [0.2, 0.25) is 0 Å². The van der Waals surface area contributed by atoms with Crippen LogP contribution in [0.3, 0.4) is 0 Å². The Hall–Kier alpha value is -1.75. The Morgan fingerprint density at radius 3 is 2.35 bits per heavy atom. The van der Waals surface area contributed by atoms with Gasteiger partial charge >= 0.3 is 6.09 Å². The molecule has 0 aromatic heterocycles. The van der Waals surface area contributed by atoms with Gasteiger partial charge in [0.1, 0.15) is 0 Å². The fourth-order valence-electron chi connectivity index (χ4n) is 2.35. The maximum Gasteiger partial charge on any atom is 0.409 e. The summed E-state index contributed by atoms with van der Waals surface area (Å²) in [4.78, 5) is 15.7. The Morgan fingerprint density at radius 2 is 1.85 bits per heavy atom. The molecule has 1 aromatic rings. The third-order valence-electron chi connectivity index (χ3n) is 3.59. The number of amides is 1. The van der Waals surface area contributed by atoms with Gasteiger partial charge in [0.25, 0.3) is 0 Å². The van der Waals surface area contributed by atoms with Crippen LogP contribution in [0.2, 0.25) is 0 Å². The van der Waals surface area contributed by atoms with Crippen molar-refractivity contribution in [2.75, 3.05) is 37.7 Å². The summed E-state index contributed by atoms with van der Waals surface area (Å²) in [5, 5.41) is 0. The molecule has 0 spiro atoms.